The molecule has 1 aliphatic heterocycles. The van der Waals surface area contributed by atoms with Gasteiger partial charge >= 0.3 is 0 Å². The number of aryl methyl sites for hydroxylation is 1. The van der Waals surface area contributed by atoms with Gasteiger partial charge in [-0.15, -0.1) is 11.6 Å². The molecule has 5 heteroatoms. The zero-order valence-electron chi connectivity index (χ0n) is 9.73. The lowest BCUT2D eigenvalue weighted by molar-refractivity contribution is -0.127. The van der Waals surface area contributed by atoms with Crippen molar-refractivity contribution in [3.05, 3.63) is 23.9 Å². The molecular formula is C12H15ClN2O2. The predicted octanol–water partition coefficient (Wildman–Crippen LogP) is 1.61. The Hall–Kier alpha value is -1.29. The van der Waals surface area contributed by atoms with Gasteiger partial charge < -0.3 is 9.64 Å². The molecule has 0 saturated carbocycles. The average Bonchev–Trinajstić information content (AvgIpc) is 2.76. The Morgan fingerprint density at radius 1 is 1.65 bits per heavy atom. The molecule has 0 aromatic carbocycles. The van der Waals surface area contributed by atoms with E-state index in [9.17, 15) is 4.79 Å². The molecule has 1 amide bonds. The fourth-order valence-corrected chi connectivity index (χ4v) is 2.06. The van der Waals surface area contributed by atoms with E-state index in [1.165, 1.54) is 0 Å². The van der Waals surface area contributed by atoms with E-state index >= 15 is 0 Å². The molecule has 1 atom stereocenters. The molecule has 2 rings (SSSR count). The number of rotatable bonds is 3. The minimum Gasteiger partial charge on any atom is -0.472 e. The number of halogens is 1. The summed E-state index contributed by atoms with van der Waals surface area (Å²) < 4.78 is 5.73. The van der Waals surface area contributed by atoms with Crippen molar-refractivity contribution in [1.82, 2.24) is 9.88 Å². The molecule has 0 radical (unpaired) electrons. The number of aromatic nitrogens is 1. The third kappa shape index (κ3) is 3.09. The molecule has 92 valence electrons. The minimum absolute atomic E-state index is 0.0245. The van der Waals surface area contributed by atoms with Crippen LogP contribution in [0.15, 0.2) is 18.2 Å². The lowest BCUT2D eigenvalue weighted by Gasteiger charge is -2.15. The second-order valence-electron chi connectivity index (χ2n) is 4.12. The van der Waals surface area contributed by atoms with Gasteiger partial charge in [-0.25, -0.2) is 4.98 Å². The number of amides is 1. The normalized spacial score (nSPS) is 19.4. The van der Waals surface area contributed by atoms with Gasteiger partial charge in [0.15, 0.2) is 0 Å². The van der Waals surface area contributed by atoms with E-state index in [0.29, 0.717) is 19.0 Å². The molecule has 1 fully saturated rings. The maximum Gasteiger partial charge on any atom is 0.237 e. The van der Waals surface area contributed by atoms with Crippen LogP contribution >= 0.6 is 11.6 Å². The van der Waals surface area contributed by atoms with Crippen LogP contribution in [0.1, 0.15) is 12.1 Å². The van der Waals surface area contributed by atoms with Crippen molar-refractivity contribution in [3.8, 4) is 5.88 Å². The summed E-state index contributed by atoms with van der Waals surface area (Å²) in [5.74, 6) is 0.625. The van der Waals surface area contributed by atoms with E-state index < -0.39 is 0 Å². The van der Waals surface area contributed by atoms with Crippen LogP contribution in [0.25, 0.3) is 0 Å². The van der Waals surface area contributed by atoms with E-state index in [1.54, 1.807) is 4.90 Å². The molecule has 2 heterocycles. The SMILES string of the molecule is Cc1cccc(OC2CCN(C(=O)CCl)C2)n1. The number of alkyl halides is 1. The van der Waals surface area contributed by atoms with Crippen molar-refractivity contribution in [1.29, 1.82) is 0 Å². The molecule has 0 aliphatic carbocycles. The third-order valence-electron chi connectivity index (χ3n) is 2.76. The first-order valence-corrected chi connectivity index (χ1v) is 6.16. The van der Waals surface area contributed by atoms with Crippen LogP contribution in [0.3, 0.4) is 0 Å². The lowest BCUT2D eigenvalue weighted by atomic mass is 10.3. The number of likely N-dealkylation sites (tertiary alicyclic amines) is 1. The van der Waals surface area contributed by atoms with Gasteiger partial charge in [0.2, 0.25) is 11.8 Å². The zero-order chi connectivity index (χ0) is 12.3. The molecule has 0 bridgehead atoms. The highest BCUT2D eigenvalue weighted by atomic mass is 35.5. The number of hydrogen-bond acceptors (Lipinski definition) is 3. The van der Waals surface area contributed by atoms with Gasteiger partial charge in [0, 0.05) is 24.7 Å². The topological polar surface area (TPSA) is 42.4 Å². The first-order valence-electron chi connectivity index (χ1n) is 5.63. The zero-order valence-corrected chi connectivity index (χ0v) is 10.5. The Balaban J connectivity index is 1.92. The largest absolute Gasteiger partial charge is 0.472 e. The van der Waals surface area contributed by atoms with Gasteiger partial charge in [-0.05, 0) is 13.0 Å². The van der Waals surface area contributed by atoms with Gasteiger partial charge in [-0.1, -0.05) is 6.07 Å². The first-order chi connectivity index (χ1) is 8.19. The van der Waals surface area contributed by atoms with E-state index in [-0.39, 0.29) is 17.9 Å². The van der Waals surface area contributed by atoms with Crippen LogP contribution in [0.2, 0.25) is 0 Å². The standard InChI is InChI=1S/C12H15ClN2O2/c1-9-3-2-4-11(14-9)17-10-5-6-15(8-10)12(16)7-13/h2-4,10H,5-8H2,1H3. The second-order valence-corrected chi connectivity index (χ2v) is 4.39. The van der Waals surface area contributed by atoms with Crippen LogP contribution in [0.4, 0.5) is 0 Å². The molecular weight excluding hydrogens is 240 g/mol. The van der Waals surface area contributed by atoms with E-state index in [0.717, 1.165) is 12.1 Å². The molecule has 1 aromatic heterocycles. The Morgan fingerprint density at radius 2 is 2.47 bits per heavy atom. The first kappa shape index (κ1) is 12.2. The molecule has 17 heavy (non-hydrogen) atoms. The summed E-state index contributed by atoms with van der Waals surface area (Å²) >= 11 is 5.52. The summed E-state index contributed by atoms with van der Waals surface area (Å²) in [5.41, 5.74) is 0.925. The van der Waals surface area contributed by atoms with Gasteiger partial charge in [-0.3, -0.25) is 4.79 Å². The molecule has 1 unspecified atom stereocenters. The summed E-state index contributed by atoms with van der Waals surface area (Å²) in [5, 5.41) is 0. The monoisotopic (exact) mass is 254 g/mol. The summed E-state index contributed by atoms with van der Waals surface area (Å²) in [6.45, 7) is 3.23. The van der Waals surface area contributed by atoms with Crippen LogP contribution in [0.5, 0.6) is 5.88 Å². The highest BCUT2D eigenvalue weighted by Gasteiger charge is 2.27. The van der Waals surface area contributed by atoms with E-state index in [1.807, 2.05) is 25.1 Å². The van der Waals surface area contributed by atoms with Gasteiger partial charge in [0.25, 0.3) is 0 Å². The molecule has 1 aromatic rings. The number of ether oxygens (including phenoxy) is 1. The van der Waals surface area contributed by atoms with Crippen LogP contribution in [0, 0.1) is 6.92 Å². The Kier molecular flexibility index (Phi) is 3.84. The Bertz CT molecular complexity index is 411. The molecule has 4 nitrogen and oxygen atoms in total. The highest BCUT2D eigenvalue weighted by molar-refractivity contribution is 6.27. The third-order valence-corrected chi connectivity index (χ3v) is 2.99. The molecule has 0 N–H and O–H groups in total. The van der Waals surface area contributed by atoms with Crippen molar-refractivity contribution >= 4 is 17.5 Å². The number of pyridine rings is 1. The number of carbonyl (C=O) groups is 1. The molecule has 0 spiro atoms. The summed E-state index contributed by atoms with van der Waals surface area (Å²) in [6, 6.07) is 5.66. The van der Waals surface area contributed by atoms with Crippen molar-refractivity contribution in [2.45, 2.75) is 19.4 Å². The van der Waals surface area contributed by atoms with Gasteiger partial charge in [0.1, 0.15) is 12.0 Å². The van der Waals surface area contributed by atoms with Crippen molar-refractivity contribution < 1.29 is 9.53 Å². The predicted molar refractivity (Wildman–Crippen MR) is 65.3 cm³/mol. The van der Waals surface area contributed by atoms with Gasteiger partial charge in [0.05, 0.1) is 6.54 Å². The summed E-state index contributed by atoms with van der Waals surface area (Å²) in [6.07, 6.45) is 0.856. The van der Waals surface area contributed by atoms with Crippen LogP contribution in [-0.4, -0.2) is 40.9 Å². The Morgan fingerprint density at radius 3 is 3.18 bits per heavy atom. The minimum atomic E-state index is -0.0324. The van der Waals surface area contributed by atoms with E-state index in [2.05, 4.69) is 4.98 Å². The van der Waals surface area contributed by atoms with Crippen LogP contribution in [-0.2, 0) is 4.79 Å². The molecule has 1 saturated heterocycles. The van der Waals surface area contributed by atoms with Crippen LogP contribution < -0.4 is 4.74 Å². The fourth-order valence-electron chi connectivity index (χ4n) is 1.89. The number of hydrogen-bond donors (Lipinski definition) is 0. The quantitative estimate of drug-likeness (QED) is 0.770. The molecule has 1 aliphatic rings. The van der Waals surface area contributed by atoms with Crippen molar-refractivity contribution in [2.75, 3.05) is 19.0 Å². The lowest BCUT2D eigenvalue weighted by Crippen LogP contribution is -2.31. The van der Waals surface area contributed by atoms with Gasteiger partial charge in [-0.2, -0.15) is 0 Å². The smallest absolute Gasteiger partial charge is 0.237 e. The maximum absolute atomic E-state index is 11.4. The van der Waals surface area contributed by atoms with Crippen molar-refractivity contribution in [2.24, 2.45) is 0 Å². The summed E-state index contributed by atoms with van der Waals surface area (Å²) in [4.78, 5) is 17.4. The second kappa shape index (κ2) is 5.36. The van der Waals surface area contributed by atoms with E-state index in [4.69, 9.17) is 16.3 Å². The maximum atomic E-state index is 11.4. The highest BCUT2D eigenvalue weighted by Crippen LogP contribution is 2.17. The fraction of sp³-hybridized carbons (Fsp3) is 0.500. The number of carbonyl (C=O) groups excluding carboxylic acids is 1. The number of nitrogens with zero attached hydrogens (tertiary/aromatic N) is 2. The van der Waals surface area contributed by atoms with Crippen molar-refractivity contribution in [3.63, 3.8) is 0 Å². The Labute approximate surface area is 106 Å². The summed E-state index contributed by atoms with van der Waals surface area (Å²) in [7, 11) is 0. The average molecular weight is 255 g/mol.